The summed E-state index contributed by atoms with van der Waals surface area (Å²) in [5.41, 5.74) is 0.992. The van der Waals surface area contributed by atoms with Gasteiger partial charge in [0.15, 0.2) is 0 Å². The topological polar surface area (TPSA) is 108 Å². The van der Waals surface area contributed by atoms with Gasteiger partial charge in [-0.2, -0.15) is 0 Å². The van der Waals surface area contributed by atoms with E-state index in [1.807, 2.05) is 0 Å². The number of sulfonamides is 1. The highest BCUT2D eigenvalue weighted by atomic mass is 32.2. The van der Waals surface area contributed by atoms with Crippen LogP contribution in [0.5, 0.6) is 0 Å². The number of aromatic nitrogens is 1. The first-order valence-corrected chi connectivity index (χ1v) is 10.1. The minimum absolute atomic E-state index is 0.0135. The lowest BCUT2D eigenvalue weighted by Crippen LogP contribution is -2.17. The number of fused-ring (bicyclic) bond motifs is 1. The van der Waals surface area contributed by atoms with Gasteiger partial charge in [0.05, 0.1) is 5.75 Å². The van der Waals surface area contributed by atoms with Gasteiger partial charge in [-0.1, -0.05) is 13.0 Å². The van der Waals surface area contributed by atoms with E-state index in [0.29, 0.717) is 34.1 Å². The summed E-state index contributed by atoms with van der Waals surface area (Å²) < 4.78 is 26.2. The van der Waals surface area contributed by atoms with Crippen LogP contribution in [0.1, 0.15) is 23.7 Å². The molecule has 0 spiro atoms. The third-order valence-electron chi connectivity index (χ3n) is 3.90. The van der Waals surface area contributed by atoms with Gasteiger partial charge in [-0.05, 0) is 54.3 Å². The molecule has 0 unspecified atom stereocenters. The first-order chi connectivity index (χ1) is 12.9. The van der Waals surface area contributed by atoms with Crippen LogP contribution in [0.4, 0.5) is 11.4 Å². The number of hydrogen-bond donors (Lipinski definition) is 3. The van der Waals surface area contributed by atoms with Gasteiger partial charge in [-0.3, -0.25) is 14.3 Å². The maximum Gasteiger partial charge on any atom is 0.255 e. The highest BCUT2D eigenvalue weighted by molar-refractivity contribution is 7.92. The third kappa shape index (κ3) is 4.53. The molecule has 0 radical (unpaired) electrons. The van der Waals surface area contributed by atoms with Crippen molar-refractivity contribution in [3.63, 3.8) is 0 Å². The van der Waals surface area contributed by atoms with Gasteiger partial charge in [0, 0.05) is 28.5 Å². The fourth-order valence-corrected chi connectivity index (χ4v) is 3.82. The Bertz CT molecular complexity index is 1150. The molecule has 1 aromatic heterocycles. The lowest BCUT2D eigenvalue weighted by Gasteiger charge is -2.10. The zero-order chi connectivity index (χ0) is 19.4. The van der Waals surface area contributed by atoms with E-state index in [1.165, 1.54) is 6.07 Å². The van der Waals surface area contributed by atoms with Gasteiger partial charge >= 0.3 is 0 Å². The van der Waals surface area contributed by atoms with Crippen LogP contribution in [0.15, 0.2) is 59.5 Å². The SMILES string of the molecule is CCCS(=O)(=O)Nc1cccc(C(=O)Nc2ccc3c(=O)[nH]ccc3c2)c1. The second-order valence-corrected chi connectivity index (χ2v) is 7.91. The van der Waals surface area contributed by atoms with E-state index in [4.69, 9.17) is 0 Å². The van der Waals surface area contributed by atoms with Crippen molar-refractivity contribution in [1.82, 2.24) is 4.98 Å². The van der Waals surface area contributed by atoms with Crippen LogP contribution in [0.25, 0.3) is 10.8 Å². The number of aromatic amines is 1. The molecular formula is C19H19N3O4S. The molecule has 0 bridgehead atoms. The number of anilines is 2. The molecule has 3 rings (SSSR count). The minimum Gasteiger partial charge on any atom is -0.329 e. The van der Waals surface area contributed by atoms with Crippen LogP contribution in [0, 0.1) is 0 Å². The molecule has 0 saturated carbocycles. The van der Waals surface area contributed by atoms with Crippen molar-refractivity contribution in [2.24, 2.45) is 0 Å². The summed E-state index contributed by atoms with van der Waals surface area (Å²) in [6, 6.07) is 13.0. The van der Waals surface area contributed by atoms with Crippen LogP contribution in [-0.4, -0.2) is 25.1 Å². The Kier molecular flexibility index (Phi) is 5.27. The van der Waals surface area contributed by atoms with E-state index in [1.54, 1.807) is 55.6 Å². The standard InChI is InChI=1S/C19H19N3O4S/c1-2-10-27(25,26)22-16-5-3-4-14(12-16)18(23)21-15-6-7-17-13(11-15)8-9-20-19(17)24/h3-9,11-12,22H,2,10H2,1H3,(H,20,24)(H,21,23). The average molecular weight is 385 g/mol. The predicted octanol–water partition coefficient (Wildman–Crippen LogP) is 2.93. The smallest absolute Gasteiger partial charge is 0.255 e. The van der Waals surface area contributed by atoms with Crippen LogP contribution in [0.2, 0.25) is 0 Å². The van der Waals surface area contributed by atoms with Crippen LogP contribution < -0.4 is 15.6 Å². The molecule has 1 heterocycles. The number of carbonyl (C=O) groups is 1. The Morgan fingerprint density at radius 3 is 2.67 bits per heavy atom. The number of amides is 1. The second-order valence-electron chi connectivity index (χ2n) is 6.06. The van der Waals surface area contributed by atoms with E-state index < -0.39 is 10.0 Å². The fraction of sp³-hybridized carbons (Fsp3) is 0.158. The molecule has 3 aromatic rings. The summed E-state index contributed by atoms with van der Waals surface area (Å²) in [6.07, 6.45) is 2.04. The zero-order valence-corrected chi connectivity index (χ0v) is 15.5. The number of pyridine rings is 1. The molecular weight excluding hydrogens is 366 g/mol. The number of benzene rings is 2. The van der Waals surface area contributed by atoms with Crippen LogP contribution in [0.3, 0.4) is 0 Å². The Hall–Kier alpha value is -3.13. The molecule has 2 aromatic carbocycles. The lowest BCUT2D eigenvalue weighted by atomic mass is 10.1. The summed E-state index contributed by atoms with van der Waals surface area (Å²) in [5, 5.41) is 3.99. The highest BCUT2D eigenvalue weighted by Crippen LogP contribution is 2.18. The highest BCUT2D eigenvalue weighted by Gasteiger charge is 2.12. The largest absolute Gasteiger partial charge is 0.329 e. The quantitative estimate of drug-likeness (QED) is 0.606. The molecule has 0 fully saturated rings. The maximum absolute atomic E-state index is 12.5. The van der Waals surface area contributed by atoms with E-state index in [-0.39, 0.29) is 17.2 Å². The monoisotopic (exact) mass is 385 g/mol. The fourth-order valence-electron chi connectivity index (χ4n) is 2.70. The molecule has 0 aliphatic heterocycles. The molecule has 0 atom stereocenters. The molecule has 1 amide bonds. The molecule has 7 nitrogen and oxygen atoms in total. The molecule has 27 heavy (non-hydrogen) atoms. The van der Waals surface area contributed by atoms with Crippen molar-refractivity contribution in [3.8, 4) is 0 Å². The van der Waals surface area contributed by atoms with E-state index in [0.717, 1.165) is 0 Å². The first-order valence-electron chi connectivity index (χ1n) is 8.41. The van der Waals surface area contributed by atoms with Gasteiger partial charge in [0.1, 0.15) is 0 Å². The van der Waals surface area contributed by atoms with Crippen molar-refractivity contribution >= 4 is 38.1 Å². The summed E-state index contributed by atoms with van der Waals surface area (Å²) in [5.74, 6) is -0.365. The van der Waals surface area contributed by atoms with Gasteiger partial charge in [-0.15, -0.1) is 0 Å². The molecule has 3 N–H and O–H groups in total. The third-order valence-corrected chi connectivity index (χ3v) is 5.39. The zero-order valence-electron chi connectivity index (χ0n) is 14.7. The normalized spacial score (nSPS) is 11.3. The minimum atomic E-state index is -3.43. The summed E-state index contributed by atoms with van der Waals surface area (Å²) in [7, 11) is -3.43. The molecule has 0 saturated heterocycles. The Labute approximate surface area is 156 Å². The lowest BCUT2D eigenvalue weighted by molar-refractivity contribution is 0.102. The number of H-pyrrole nitrogens is 1. The summed E-state index contributed by atoms with van der Waals surface area (Å²) >= 11 is 0. The van der Waals surface area contributed by atoms with E-state index >= 15 is 0 Å². The van der Waals surface area contributed by atoms with Crippen molar-refractivity contribution in [1.29, 1.82) is 0 Å². The maximum atomic E-state index is 12.5. The van der Waals surface area contributed by atoms with Crippen molar-refractivity contribution < 1.29 is 13.2 Å². The summed E-state index contributed by atoms with van der Waals surface area (Å²) in [6.45, 7) is 1.78. The van der Waals surface area contributed by atoms with Gasteiger partial charge < -0.3 is 10.3 Å². The van der Waals surface area contributed by atoms with Gasteiger partial charge in [0.25, 0.3) is 11.5 Å². The van der Waals surface area contributed by atoms with Gasteiger partial charge in [0.2, 0.25) is 10.0 Å². The molecule has 8 heteroatoms. The number of hydrogen-bond acceptors (Lipinski definition) is 4. The van der Waals surface area contributed by atoms with Crippen LogP contribution in [-0.2, 0) is 10.0 Å². The van der Waals surface area contributed by atoms with Crippen molar-refractivity contribution in [3.05, 3.63) is 70.6 Å². The number of carbonyl (C=O) groups excluding carboxylic acids is 1. The van der Waals surface area contributed by atoms with E-state index in [2.05, 4.69) is 15.0 Å². The average Bonchev–Trinajstić information content (AvgIpc) is 2.61. The Morgan fingerprint density at radius 2 is 1.89 bits per heavy atom. The molecule has 140 valence electrons. The Morgan fingerprint density at radius 1 is 1.07 bits per heavy atom. The van der Waals surface area contributed by atoms with Crippen LogP contribution >= 0.6 is 0 Å². The first kappa shape index (κ1) is 18.7. The van der Waals surface area contributed by atoms with Crippen molar-refractivity contribution in [2.45, 2.75) is 13.3 Å². The molecule has 0 aliphatic carbocycles. The summed E-state index contributed by atoms with van der Waals surface area (Å²) in [4.78, 5) is 26.8. The predicted molar refractivity (Wildman–Crippen MR) is 107 cm³/mol. The number of rotatable bonds is 6. The second kappa shape index (κ2) is 7.63. The number of nitrogens with one attached hydrogen (secondary N) is 3. The van der Waals surface area contributed by atoms with Gasteiger partial charge in [-0.25, -0.2) is 8.42 Å². The molecule has 0 aliphatic rings. The Balaban J connectivity index is 1.80. The van der Waals surface area contributed by atoms with Crippen molar-refractivity contribution in [2.75, 3.05) is 15.8 Å². The van der Waals surface area contributed by atoms with E-state index in [9.17, 15) is 18.0 Å².